The highest BCUT2D eigenvalue weighted by Crippen LogP contribution is 2.30. The number of carbonyl (C=O) groups is 1. The fourth-order valence-corrected chi connectivity index (χ4v) is 4.42. The molecule has 0 spiro atoms. The molecule has 1 aliphatic carbocycles. The summed E-state index contributed by atoms with van der Waals surface area (Å²) in [5.41, 5.74) is 3.09. The molecule has 150 valence electrons. The van der Waals surface area contributed by atoms with Gasteiger partial charge in [0.2, 0.25) is 5.91 Å². The molecule has 2 heterocycles. The molecule has 1 N–H and O–H groups in total. The molecule has 5 nitrogen and oxygen atoms in total. The van der Waals surface area contributed by atoms with Gasteiger partial charge in [-0.3, -0.25) is 4.79 Å². The molecule has 0 bridgehead atoms. The molecular formula is C23H32N4O. The number of amides is 1. The molecule has 0 unspecified atom stereocenters. The summed E-state index contributed by atoms with van der Waals surface area (Å²) in [6.45, 7) is 8.60. The van der Waals surface area contributed by atoms with Crippen LogP contribution in [0.2, 0.25) is 0 Å². The predicted molar refractivity (Wildman–Crippen MR) is 116 cm³/mol. The van der Waals surface area contributed by atoms with Crippen LogP contribution >= 0.6 is 0 Å². The second-order valence-corrected chi connectivity index (χ2v) is 8.77. The van der Waals surface area contributed by atoms with E-state index in [1.165, 1.54) is 5.56 Å². The van der Waals surface area contributed by atoms with E-state index in [0.29, 0.717) is 0 Å². The summed E-state index contributed by atoms with van der Waals surface area (Å²) in [7, 11) is 2.17. The fraction of sp³-hybridized carbons (Fsp3) is 0.565. The van der Waals surface area contributed by atoms with Crippen LogP contribution in [0.25, 0.3) is 10.9 Å². The first-order valence-electron chi connectivity index (χ1n) is 10.7. The van der Waals surface area contributed by atoms with Gasteiger partial charge in [-0.15, -0.1) is 0 Å². The van der Waals surface area contributed by atoms with E-state index in [0.717, 1.165) is 80.2 Å². The largest absolute Gasteiger partial charge is 0.354 e. The average Bonchev–Trinajstić information content (AvgIpc) is 2.69. The Kier molecular flexibility index (Phi) is 5.54. The summed E-state index contributed by atoms with van der Waals surface area (Å²) in [6.07, 6.45) is 4.34. The number of anilines is 2. The van der Waals surface area contributed by atoms with E-state index >= 15 is 0 Å². The summed E-state index contributed by atoms with van der Waals surface area (Å²) in [5, 5.41) is 4.26. The highest BCUT2D eigenvalue weighted by Gasteiger charge is 2.24. The van der Waals surface area contributed by atoms with Gasteiger partial charge in [0, 0.05) is 43.2 Å². The molecule has 1 saturated heterocycles. The highest BCUT2D eigenvalue weighted by atomic mass is 16.1. The normalized spacial score (nSPS) is 23.8. The number of aryl methyl sites for hydroxylation is 1. The number of carbonyl (C=O) groups excluding carboxylic acids is 1. The SMILES string of the molecule is Cc1cc(N2CCN(C)CC2)nc2ccc(NC(=O)C3CCC(C)CC3)cc12. The van der Waals surface area contributed by atoms with Gasteiger partial charge in [0.05, 0.1) is 5.52 Å². The molecule has 28 heavy (non-hydrogen) atoms. The van der Waals surface area contributed by atoms with Gasteiger partial charge in [0.1, 0.15) is 5.82 Å². The van der Waals surface area contributed by atoms with Crippen molar-refractivity contribution in [1.29, 1.82) is 0 Å². The van der Waals surface area contributed by atoms with Crippen LogP contribution in [0, 0.1) is 18.8 Å². The molecule has 2 fully saturated rings. The van der Waals surface area contributed by atoms with E-state index in [9.17, 15) is 4.79 Å². The van der Waals surface area contributed by atoms with E-state index in [1.807, 2.05) is 12.1 Å². The fourth-order valence-electron chi connectivity index (χ4n) is 4.42. The Labute approximate surface area is 168 Å². The van der Waals surface area contributed by atoms with Crippen LogP contribution in [0.1, 0.15) is 38.2 Å². The summed E-state index contributed by atoms with van der Waals surface area (Å²) in [4.78, 5) is 22.3. The van der Waals surface area contributed by atoms with E-state index < -0.39 is 0 Å². The van der Waals surface area contributed by atoms with Crippen LogP contribution in [-0.2, 0) is 4.79 Å². The number of benzene rings is 1. The van der Waals surface area contributed by atoms with Crippen LogP contribution in [0.5, 0.6) is 0 Å². The van der Waals surface area contributed by atoms with Gasteiger partial charge in [0.15, 0.2) is 0 Å². The molecule has 1 aliphatic heterocycles. The Balaban J connectivity index is 1.50. The Morgan fingerprint density at radius 3 is 2.50 bits per heavy atom. The molecule has 2 aliphatic rings. The maximum Gasteiger partial charge on any atom is 0.227 e. The predicted octanol–water partition coefficient (Wildman–Crippen LogP) is 4.06. The van der Waals surface area contributed by atoms with Crippen LogP contribution in [0.4, 0.5) is 11.5 Å². The number of nitrogens with one attached hydrogen (secondary N) is 1. The molecule has 2 aromatic rings. The third-order valence-electron chi connectivity index (χ3n) is 6.48. The molecule has 5 heteroatoms. The summed E-state index contributed by atoms with van der Waals surface area (Å²) < 4.78 is 0. The summed E-state index contributed by atoms with van der Waals surface area (Å²) in [6, 6.07) is 8.29. The third-order valence-corrected chi connectivity index (χ3v) is 6.48. The average molecular weight is 381 g/mol. The lowest BCUT2D eigenvalue weighted by molar-refractivity contribution is -0.121. The number of pyridine rings is 1. The van der Waals surface area contributed by atoms with Crippen LogP contribution in [0.3, 0.4) is 0 Å². The number of aromatic nitrogens is 1. The first-order chi connectivity index (χ1) is 13.5. The Hall–Kier alpha value is -2.14. The maximum absolute atomic E-state index is 12.6. The minimum Gasteiger partial charge on any atom is -0.354 e. The monoisotopic (exact) mass is 380 g/mol. The Morgan fingerprint density at radius 1 is 1.07 bits per heavy atom. The van der Waals surface area contributed by atoms with Crippen LogP contribution < -0.4 is 10.2 Å². The van der Waals surface area contributed by atoms with Crippen LogP contribution in [-0.4, -0.2) is 49.0 Å². The third kappa shape index (κ3) is 4.14. The summed E-state index contributed by atoms with van der Waals surface area (Å²) >= 11 is 0. The number of likely N-dealkylation sites (N-methyl/N-ethyl adjacent to an activating group) is 1. The molecule has 1 aromatic carbocycles. The van der Waals surface area contributed by atoms with Gasteiger partial charge in [-0.25, -0.2) is 4.98 Å². The first-order valence-corrected chi connectivity index (χ1v) is 10.7. The summed E-state index contributed by atoms with van der Waals surface area (Å²) in [5.74, 6) is 2.15. The van der Waals surface area contributed by atoms with E-state index in [-0.39, 0.29) is 11.8 Å². The molecular weight excluding hydrogens is 348 g/mol. The van der Waals surface area contributed by atoms with E-state index in [1.54, 1.807) is 0 Å². The minimum absolute atomic E-state index is 0.158. The number of piperazine rings is 1. The molecule has 0 atom stereocenters. The standard InChI is InChI=1S/C23H32N4O/c1-16-4-6-18(7-5-16)23(28)24-19-8-9-21-20(15-19)17(2)14-22(25-21)27-12-10-26(3)11-13-27/h8-9,14-16,18H,4-7,10-13H2,1-3H3,(H,24,28). The molecule has 1 aromatic heterocycles. The second-order valence-electron chi connectivity index (χ2n) is 8.77. The first kappa shape index (κ1) is 19.2. The Morgan fingerprint density at radius 2 is 1.79 bits per heavy atom. The second kappa shape index (κ2) is 8.08. The van der Waals surface area contributed by atoms with Crippen molar-refractivity contribution >= 4 is 28.3 Å². The van der Waals surface area contributed by atoms with Crippen molar-refractivity contribution in [2.75, 3.05) is 43.4 Å². The smallest absolute Gasteiger partial charge is 0.227 e. The topological polar surface area (TPSA) is 48.5 Å². The lowest BCUT2D eigenvalue weighted by Gasteiger charge is -2.33. The van der Waals surface area contributed by atoms with Gasteiger partial charge in [-0.05, 0) is 75.4 Å². The van der Waals surface area contributed by atoms with Crippen molar-refractivity contribution in [2.45, 2.75) is 39.5 Å². The zero-order valence-corrected chi connectivity index (χ0v) is 17.4. The van der Waals surface area contributed by atoms with Gasteiger partial charge >= 0.3 is 0 Å². The number of fused-ring (bicyclic) bond motifs is 1. The molecule has 0 radical (unpaired) electrons. The van der Waals surface area contributed by atoms with Crippen molar-refractivity contribution in [2.24, 2.45) is 11.8 Å². The van der Waals surface area contributed by atoms with Gasteiger partial charge in [-0.2, -0.15) is 0 Å². The quantitative estimate of drug-likeness (QED) is 0.872. The zero-order chi connectivity index (χ0) is 19.7. The Bertz CT molecular complexity index is 849. The lowest BCUT2D eigenvalue weighted by atomic mass is 9.82. The number of hydrogen-bond acceptors (Lipinski definition) is 4. The van der Waals surface area contributed by atoms with Crippen molar-refractivity contribution in [3.8, 4) is 0 Å². The van der Waals surface area contributed by atoms with Crippen molar-refractivity contribution in [1.82, 2.24) is 9.88 Å². The van der Waals surface area contributed by atoms with Crippen molar-refractivity contribution < 1.29 is 4.79 Å². The zero-order valence-electron chi connectivity index (χ0n) is 17.4. The van der Waals surface area contributed by atoms with E-state index in [2.05, 4.69) is 48.1 Å². The maximum atomic E-state index is 12.6. The van der Waals surface area contributed by atoms with Crippen molar-refractivity contribution in [3.63, 3.8) is 0 Å². The molecule has 1 saturated carbocycles. The lowest BCUT2D eigenvalue weighted by Crippen LogP contribution is -2.44. The number of hydrogen-bond donors (Lipinski definition) is 1. The van der Waals surface area contributed by atoms with Crippen molar-refractivity contribution in [3.05, 3.63) is 29.8 Å². The van der Waals surface area contributed by atoms with Crippen LogP contribution in [0.15, 0.2) is 24.3 Å². The molecule has 4 rings (SSSR count). The van der Waals surface area contributed by atoms with Gasteiger partial charge < -0.3 is 15.1 Å². The minimum atomic E-state index is 0.158. The number of nitrogens with zero attached hydrogens (tertiary/aromatic N) is 3. The molecule has 1 amide bonds. The van der Waals surface area contributed by atoms with E-state index in [4.69, 9.17) is 4.98 Å². The highest BCUT2D eigenvalue weighted by molar-refractivity contribution is 5.96. The van der Waals surface area contributed by atoms with Gasteiger partial charge in [-0.1, -0.05) is 6.92 Å². The number of rotatable bonds is 3. The van der Waals surface area contributed by atoms with Gasteiger partial charge in [0.25, 0.3) is 0 Å².